The number of anilines is 1. The third-order valence-electron chi connectivity index (χ3n) is 4.51. The van der Waals surface area contributed by atoms with Crippen LogP contribution in [0.25, 0.3) is 22.3 Å². The van der Waals surface area contributed by atoms with E-state index in [2.05, 4.69) is 10.5 Å². The Morgan fingerprint density at radius 3 is 2.63 bits per heavy atom. The van der Waals surface area contributed by atoms with Gasteiger partial charge in [-0.25, -0.2) is 0 Å². The van der Waals surface area contributed by atoms with Crippen LogP contribution >= 0.6 is 11.6 Å². The van der Waals surface area contributed by atoms with E-state index in [0.29, 0.717) is 40.3 Å². The normalized spacial score (nSPS) is 10.9. The Balaban J connectivity index is 1.51. The molecule has 0 unspecified atom stereocenters. The van der Waals surface area contributed by atoms with Crippen LogP contribution in [0.5, 0.6) is 5.75 Å². The summed E-state index contributed by atoms with van der Waals surface area (Å²) in [5, 5.41) is 6.97. The van der Waals surface area contributed by atoms with Crippen molar-refractivity contribution < 1.29 is 18.5 Å². The number of amides is 1. The summed E-state index contributed by atoms with van der Waals surface area (Å²) in [5.74, 6) is 1.48. The van der Waals surface area contributed by atoms with Gasteiger partial charge in [0, 0.05) is 36.2 Å². The summed E-state index contributed by atoms with van der Waals surface area (Å²) in [5.41, 5.74) is 1.50. The van der Waals surface area contributed by atoms with Gasteiger partial charge in [0.15, 0.2) is 10.6 Å². The van der Waals surface area contributed by atoms with E-state index in [-0.39, 0.29) is 22.9 Å². The molecule has 0 spiro atoms. The lowest BCUT2D eigenvalue weighted by atomic mass is 10.1. The smallest absolute Gasteiger partial charge is 0.224 e. The number of aryl methyl sites for hydroxylation is 1. The van der Waals surface area contributed by atoms with Crippen molar-refractivity contribution in [2.75, 3.05) is 12.4 Å². The van der Waals surface area contributed by atoms with Gasteiger partial charge in [0.1, 0.15) is 22.9 Å². The molecule has 0 saturated heterocycles. The van der Waals surface area contributed by atoms with Crippen molar-refractivity contribution >= 4 is 34.2 Å². The number of carbonyl (C=O) groups is 1. The first-order valence-electron chi connectivity index (χ1n) is 9.15. The van der Waals surface area contributed by atoms with Crippen LogP contribution in [0.15, 0.2) is 68.3 Å². The summed E-state index contributed by atoms with van der Waals surface area (Å²) in [7, 11) is 1.59. The molecule has 0 aliphatic rings. The van der Waals surface area contributed by atoms with Gasteiger partial charge in [-0.2, -0.15) is 0 Å². The zero-order valence-corrected chi connectivity index (χ0v) is 16.7. The van der Waals surface area contributed by atoms with E-state index in [9.17, 15) is 9.59 Å². The maximum atomic E-state index is 12.6. The van der Waals surface area contributed by atoms with Crippen LogP contribution in [-0.2, 0) is 11.2 Å². The fraction of sp³-hybridized carbons (Fsp3) is 0.136. The number of nitrogens with one attached hydrogen (secondary N) is 1. The van der Waals surface area contributed by atoms with Gasteiger partial charge in [-0.05, 0) is 42.5 Å². The van der Waals surface area contributed by atoms with Crippen LogP contribution < -0.4 is 15.5 Å². The van der Waals surface area contributed by atoms with E-state index in [0.717, 1.165) is 5.56 Å². The van der Waals surface area contributed by atoms with Crippen LogP contribution in [-0.4, -0.2) is 18.2 Å². The molecule has 0 atom stereocenters. The summed E-state index contributed by atoms with van der Waals surface area (Å²) in [6.45, 7) is 0. The van der Waals surface area contributed by atoms with Gasteiger partial charge in [-0.15, -0.1) is 0 Å². The summed E-state index contributed by atoms with van der Waals surface area (Å²) in [4.78, 5) is 24.8. The van der Waals surface area contributed by atoms with Gasteiger partial charge in [0.05, 0.1) is 12.5 Å². The van der Waals surface area contributed by atoms with Crippen molar-refractivity contribution in [2.45, 2.75) is 12.8 Å². The van der Waals surface area contributed by atoms with Gasteiger partial charge < -0.3 is 19.0 Å². The first-order chi connectivity index (χ1) is 14.5. The molecule has 4 aromatic rings. The van der Waals surface area contributed by atoms with Gasteiger partial charge >= 0.3 is 0 Å². The second-order valence-electron chi connectivity index (χ2n) is 6.58. The van der Waals surface area contributed by atoms with E-state index in [4.69, 9.17) is 25.3 Å². The number of ether oxygens (including phenoxy) is 1. The molecule has 4 rings (SSSR count). The molecule has 0 fully saturated rings. The highest BCUT2D eigenvalue weighted by Gasteiger charge is 2.11. The van der Waals surface area contributed by atoms with E-state index in [1.165, 1.54) is 6.07 Å². The monoisotopic (exact) mass is 424 g/mol. The highest BCUT2D eigenvalue weighted by Crippen LogP contribution is 2.25. The Morgan fingerprint density at radius 1 is 1.13 bits per heavy atom. The Kier molecular flexibility index (Phi) is 5.54. The van der Waals surface area contributed by atoms with Crippen LogP contribution in [0.4, 0.5) is 5.69 Å². The molecule has 2 aromatic carbocycles. The SMILES string of the molecule is COc1ccc(-c2cc(=O)c3cc(NC(=O)CCc4cc(Cl)no4)ccc3o2)cc1. The molecule has 0 aliphatic carbocycles. The lowest BCUT2D eigenvalue weighted by Gasteiger charge is -2.07. The van der Waals surface area contributed by atoms with Crippen molar-refractivity contribution in [1.29, 1.82) is 0 Å². The quantitative estimate of drug-likeness (QED) is 0.483. The topological polar surface area (TPSA) is 94.6 Å². The van der Waals surface area contributed by atoms with Crippen molar-refractivity contribution in [3.63, 3.8) is 0 Å². The number of methoxy groups -OCH3 is 1. The molecule has 0 saturated carbocycles. The zero-order valence-electron chi connectivity index (χ0n) is 16.0. The van der Waals surface area contributed by atoms with E-state index in [1.54, 1.807) is 43.5 Å². The third-order valence-corrected chi connectivity index (χ3v) is 4.69. The van der Waals surface area contributed by atoms with Gasteiger partial charge in [0.25, 0.3) is 0 Å². The average Bonchev–Trinajstić information content (AvgIpc) is 3.18. The third kappa shape index (κ3) is 4.36. The van der Waals surface area contributed by atoms with Gasteiger partial charge in [-0.3, -0.25) is 9.59 Å². The van der Waals surface area contributed by atoms with E-state index in [1.807, 2.05) is 12.1 Å². The fourth-order valence-corrected chi connectivity index (χ4v) is 3.15. The molecule has 2 heterocycles. The van der Waals surface area contributed by atoms with E-state index < -0.39 is 0 Å². The molecule has 2 aromatic heterocycles. The maximum Gasteiger partial charge on any atom is 0.224 e. The standard InChI is InChI=1S/C22H17ClN2O5/c1-28-15-5-2-13(3-6-15)20-12-18(26)17-10-14(4-8-19(17)29-20)24-22(27)9-7-16-11-21(23)25-30-16/h2-6,8,10-12H,7,9H2,1H3,(H,24,27). The molecule has 1 N–H and O–H groups in total. The van der Waals surface area contributed by atoms with Gasteiger partial charge in [0.2, 0.25) is 5.91 Å². The van der Waals surface area contributed by atoms with Crippen LogP contribution in [0.2, 0.25) is 5.15 Å². The Morgan fingerprint density at radius 2 is 1.93 bits per heavy atom. The second-order valence-corrected chi connectivity index (χ2v) is 6.97. The molecular formula is C22H17ClN2O5. The first kappa shape index (κ1) is 19.7. The maximum absolute atomic E-state index is 12.6. The lowest BCUT2D eigenvalue weighted by Crippen LogP contribution is -2.12. The minimum Gasteiger partial charge on any atom is -0.497 e. The zero-order chi connectivity index (χ0) is 21.1. The van der Waals surface area contributed by atoms with Crippen molar-refractivity contribution in [3.05, 3.63) is 75.7 Å². The summed E-state index contributed by atoms with van der Waals surface area (Å²) in [6.07, 6.45) is 0.557. The predicted octanol–water partition coefficient (Wildman–Crippen LogP) is 4.68. The summed E-state index contributed by atoms with van der Waals surface area (Å²) < 4.78 is 16.0. The number of benzene rings is 2. The minimum atomic E-state index is -0.221. The first-order valence-corrected chi connectivity index (χ1v) is 9.53. The molecule has 152 valence electrons. The number of halogens is 1. The highest BCUT2D eigenvalue weighted by atomic mass is 35.5. The average molecular weight is 425 g/mol. The highest BCUT2D eigenvalue weighted by molar-refractivity contribution is 6.29. The second kappa shape index (κ2) is 8.42. The van der Waals surface area contributed by atoms with Crippen LogP contribution in [0, 0.1) is 0 Å². The van der Waals surface area contributed by atoms with Crippen molar-refractivity contribution in [2.24, 2.45) is 0 Å². The number of hydrogen-bond acceptors (Lipinski definition) is 6. The van der Waals surface area contributed by atoms with Crippen molar-refractivity contribution in [1.82, 2.24) is 5.16 Å². The fourth-order valence-electron chi connectivity index (χ4n) is 3.00. The molecule has 1 amide bonds. The number of fused-ring (bicyclic) bond motifs is 1. The van der Waals surface area contributed by atoms with Crippen molar-refractivity contribution in [3.8, 4) is 17.1 Å². The molecule has 7 nitrogen and oxygen atoms in total. The Hall–Kier alpha value is -3.58. The van der Waals surface area contributed by atoms with Crippen LogP contribution in [0.1, 0.15) is 12.2 Å². The number of nitrogens with zero attached hydrogens (tertiary/aromatic N) is 1. The molecule has 30 heavy (non-hydrogen) atoms. The molecule has 0 bridgehead atoms. The summed E-state index contributed by atoms with van der Waals surface area (Å²) >= 11 is 5.69. The number of aromatic nitrogens is 1. The lowest BCUT2D eigenvalue weighted by molar-refractivity contribution is -0.116. The van der Waals surface area contributed by atoms with E-state index >= 15 is 0 Å². The minimum absolute atomic E-state index is 0.189. The predicted molar refractivity (Wildman–Crippen MR) is 113 cm³/mol. The Labute approximate surface area is 176 Å². The largest absolute Gasteiger partial charge is 0.497 e. The molecule has 0 aliphatic heterocycles. The van der Waals surface area contributed by atoms with Crippen LogP contribution in [0.3, 0.4) is 0 Å². The van der Waals surface area contributed by atoms with Gasteiger partial charge in [-0.1, -0.05) is 16.8 Å². The molecule has 8 heteroatoms. The summed E-state index contributed by atoms with van der Waals surface area (Å²) in [6, 6.07) is 15.2. The number of hydrogen-bond donors (Lipinski definition) is 1. The molecular weight excluding hydrogens is 408 g/mol. The number of carbonyl (C=O) groups excluding carboxylic acids is 1. The number of rotatable bonds is 6. The molecule has 0 radical (unpaired) electrons. The Bertz CT molecular complexity index is 1260.